The predicted octanol–water partition coefficient (Wildman–Crippen LogP) is 2.13. The van der Waals surface area contributed by atoms with E-state index in [2.05, 4.69) is 10.4 Å². The summed E-state index contributed by atoms with van der Waals surface area (Å²) in [5.74, 6) is 0.486. The normalized spacial score (nSPS) is 20.1. The maximum Gasteiger partial charge on any atom is 0.173 e. The summed E-state index contributed by atoms with van der Waals surface area (Å²) in [6, 6.07) is 4.99. The number of carbonyl (C=O) groups excluding carboxylic acids is 1. The van der Waals surface area contributed by atoms with E-state index in [9.17, 15) is 4.79 Å². The number of benzene rings is 1. The number of rotatable bonds is 1. The van der Waals surface area contributed by atoms with E-state index in [1.165, 1.54) is 0 Å². The van der Waals surface area contributed by atoms with E-state index in [0.717, 1.165) is 25.9 Å². The van der Waals surface area contributed by atoms with E-state index in [-0.39, 0.29) is 17.2 Å². The first-order valence-corrected chi connectivity index (χ1v) is 6.67. The predicted molar refractivity (Wildman–Crippen MR) is 72.8 cm³/mol. The number of hydrogen-bond donors (Lipinski definition) is 3. The molecule has 6 nitrogen and oxygen atoms in total. The Hall–Kier alpha value is -2.08. The third-order valence-electron chi connectivity index (χ3n) is 3.99. The van der Waals surface area contributed by atoms with E-state index in [1.807, 2.05) is 0 Å². The van der Waals surface area contributed by atoms with E-state index in [4.69, 9.17) is 15.7 Å². The Labute approximate surface area is 116 Å². The molecule has 3 N–H and O–H groups in total. The van der Waals surface area contributed by atoms with Crippen LogP contribution in [-0.2, 0) is 0 Å². The number of ether oxygens (including phenoxy) is 1. The molecule has 2 heterocycles. The fourth-order valence-corrected chi connectivity index (χ4v) is 2.87. The monoisotopic (exact) mass is 272 g/mol. The highest BCUT2D eigenvalue weighted by Gasteiger charge is 2.41. The summed E-state index contributed by atoms with van der Waals surface area (Å²) >= 11 is 0. The van der Waals surface area contributed by atoms with E-state index in [1.54, 1.807) is 18.2 Å². The van der Waals surface area contributed by atoms with Gasteiger partial charge in [-0.25, -0.2) is 5.53 Å². The van der Waals surface area contributed by atoms with E-state index < -0.39 is 0 Å². The highest BCUT2D eigenvalue weighted by Crippen LogP contribution is 2.38. The molecule has 1 aromatic carbocycles. The molecule has 0 atom stereocenters. The average molecular weight is 272 g/mol. The third-order valence-corrected chi connectivity index (χ3v) is 3.99. The minimum Gasteiger partial charge on any atom is -0.486 e. The summed E-state index contributed by atoms with van der Waals surface area (Å²) in [5, 5.41) is 13.9. The van der Waals surface area contributed by atoms with Crippen LogP contribution in [0.2, 0.25) is 0 Å². The van der Waals surface area contributed by atoms with Gasteiger partial charge < -0.3 is 10.1 Å². The molecule has 0 radical (unpaired) electrons. The highest BCUT2D eigenvalue weighted by atomic mass is 16.5. The highest BCUT2D eigenvalue weighted by molar-refractivity contribution is 6.04. The van der Waals surface area contributed by atoms with Gasteiger partial charge in [0.25, 0.3) is 0 Å². The lowest BCUT2D eigenvalue weighted by Crippen LogP contribution is -2.49. The van der Waals surface area contributed by atoms with Crippen molar-refractivity contribution in [2.75, 3.05) is 13.1 Å². The molecule has 0 bridgehead atoms. The van der Waals surface area contributed by atoms with Crippen LogP contribution in [0.4, 0.5) is 0 Å². The van der Waals surface area contributed by atoms with Crippen LogP contribution in [0, 0.1) is 10.9 Å². The van der Waals surface area contributed by atoms with Gasteiger partial charge in [-0.3, -0.25) is 10.2 Å². The van der Waals surface area contributed by atoms with Crippen LogP contribution in [-0.4, -0.2) is 30.3 Å². The van der Waals surface area contributed by atoms with Gasteiger partial charge in [-0.2, -0.15) is 0 Å². The first-order valence-electron chi connectivity index (χ1n) is 6.67. The molecule has 1 fully saturated rings. The largest absolute Gasteiger partial charge is 0.486 e. The molecular weight excluding hydrogens is 256 g/mol. The van der Waals surface area contributed by atoms with Gasteiger partial charge in [0.15, 0.2) is 11.6 Å². The van der Waals surface area contributed by atoms with Gasteiger partial charge in [-0.05, 0) is 31.3 Å². The van der Waals surface area contributed by atoms with Crippen LogP contribution in [0.3, 0.4) is 0 Å². The number of piperidine rings is 1. The van der Waals surface area contributed by atoms with Crippen molar-refractivity contribution in [3.8, 4) is 5.75 Å². The lowest BCUT2D eigenvalue weighted by atomic mass is 9.83. The third kappa shape index (κ3) is 2.12. The molecule has 1 aromatic rings. The summed E-state index contributed by atoms with van der Waals surface area (Å²) in [4.78, 5) is 12.4. The Morgan fingerprint density at radius 2 is 2.10 bits per heavy atom. The molecule has 0 unspecified atom stereocenters. The summed E-state index contributed by atoms with van der Waals surface area (Å²) in [6.07, 6.45) is 2.05. The van der Waals surface area contributed by atoms with Gasteiger partial charge in [0, 0.05) is 18.4 Å². The number of Topliss-reactive ketones (excluding diaryl/α,β-unsaturated/α-hetero) is 1. The molecule has 0 amide bonds. The van der Waals surface area contributed by atoms with Crippen LogP contribution in [0.5, 0.6) is 5.75 Å². The zero-order valence-electron chi connectivity index (χ0n) is 11.0. The van der Waals surface area contributed by atoms with Crippen LogP contribution in [0.15, 0.2) is 23.3 Å². The number of ketones is 1. The van der Waals surface area contributed by atoms with Crippen molar-refractivity contribution in [2.45, 2.75) is 24.9 Å². The Balaban J connectivity index is 1.95. The summed E-state index contributed by atoms with van der Waals surface area (Å²) in [7, 11) is 0. The van der Waals surface area contributed by atoms with Gasteiger partial charge in [0.2, 0.25) is 0 Å². The second kappa shape index (κ2) is 4.79. The second-order valence-electron chi connectivity index (χ2n) is 5.31. The molecule has 104 valence electrons. The van der Waals surface area contributed by atoms with Gasteiger partial charge >= 0.3 is 0 Å². The lowest BCUT2D eigenvalue weighted by molar-refractivity contribution is 0.0187. The number of hydrogen-bond acceptors (Lipinski definition) is 5. The average Bonchev–Trinajstić information content (AvgIpc) is 2.47. The molecule has 2 aliphatic rings. The molecule has 1 saturated heterocycles. The zero-order valence-corrected chi connectivity index (χ0v) is 11.0. The smallest absolute Gasteiger partial charge is 0.173 e. The topological polar surface area (TPSA) is 98.4 Å². The summed E-state index contributed by atoms with van der Waals surface area (Å²) < 4.78 is 6.09. The number of amidine groups is 1. The van der Waals surface area contributed by atoms with E-state index in [0.29, 0.717) is 23.3 Å². The standard InChI is InChI=1S/C14H16N4O2/c15-13(18-16)9-1-2-12-10(7-9)11(19)8-14(20-12)3-5-17-6-4-14/h1-2,7,15-17H,3-6,8H2. The Kier molecular flexibility index (Phi) is 3.10. The molecule has 0 saturated carbocycles. The first kappa shape index (κ1) is 12.9. The van der Waals surface area contributed by atoms with Crippen LogP contribution >= 0.6 is 0 Å². The lowest BCUT2D eigenvalue weighted by Gasteiger charge is -2.40. The van der Waals surface area contributed by atoms with E-state index >= 15 is 0 Å². The molecule has 20 heavy (non-hydrogen) atoms. The van der Waals surface area contributed by atoms with Gasteiger partial charge in [-0.1, -0.05) is 0 Å². The molecule has 0 aromatic heterocycles. The molecular formula is C14H16N4O2. The maximum atomic E-state index is 12.4. The van der Waals surface area contributed by atoms with Crippen LogP contribution in [0.25, 0.3) is 0 Å². The molecule has 6 heteroatoms. The number of nitrogens with zero attached hydrogens (tertiary/aromatic N) is 1. The Morgan fingerprint density at radius 1 is 1.35 bits per heavy atom. The second-order valence-corrected chi connectivity index (χ2v) is 5.31. The van der Waals surface area contributed by atoms with Gasteiger partial charge in [0.05, 0.1) is 12.0 Å². The maximum absolute atomic E-state index is 12.4. The Bertz CT molecular complexity index is 591. The van der Waals surface area contributed by atoms with Crippen LogP contribution in [0.1, 0.15) is 35.2 Å². The van der Waals surface area contributed by atoms with Gasteiger partial charge in [0.1, 0.15) is 11.4 Å². The minimum atomic E-state index is -0.371. The Morgan fingerprint density at radius 3 is 2.80 bits per heavy atom. The summed E-state index contributed by atoms with van der Waals surface area (Å²) in [6.45, 7) is 1.73. The number of fused-ring (bicyclic) bond motifs is 1. The van der Waals surface area contributed by atoms with Crippen molar-refractivity contribution in [3.63, 3.8) is 0 Å². The van der Waals surface area contributed by atoms with Gasteiger partial charge in [-0.15, -0.1) is 5.11 Å². The zero-order chi connectivity index (χ0) is 14.2. The molecule has 3 rings (SSSR count). The molecule has 2 aliphatic heterocycles. The first-order chi connectivity index (χ1) is 9.63. The van der Waals surface area contributed by atoms with Crippen molar-refractivity contribution in [1.82, 2.24) is 5.32 Å². The molecule has 0 aliphatic carbocycles. The quantitative estimate of drug-likeness (QED) is 0.415. The number of carbonyl (C=O) groups is 1. The summed E-state index contributed by atoms with van der Waals surface area (Å²) in [5.41, 5.74) is 7.47. The number of nitrogens with one attached hydrogen (secondary N) is 3. The van der Waals surface area contributed by atoms with Crippen LogP contribution < -0.4 is 10.1 Å². The minimum absolute atomic E-state index is 0.0489. The van der Waals surface area contributed by atoms with Crippen molar-refractivity contribution >= 4 is 11.6 Å². The SMILES string of the molecule is N=NC(=N)c1ccc2c(c1)C(=O)CC1(CCNCC1)O2. The fraction of sp³-hybridized carbons (Fsp3) is 0.429. The van der Waals surface area contributed by atoms with Crippen molar-refractivity contribution in [1.29, 1.82) is 10.9 Å². The van der Waals surface area contributed by atoms with Crippen molar-refractivity contribution in [3.05, 3.63) is 29.3 Å². The van der Waals surface area contributed by atoms with Crippen molar-refractivity contribution < 1.29 is 9.53 Å². The molecule has 1 spiro atoms. The van der Waals surface area contributed by atoms with Crippen molar-refractivity contribution in [2.24, 2.45) is 5.11 Å². The fourth-order valence-electron chi connectivity index (χ4n) is 2.87.